The van der Waals surface area contributed by atoms with Crippen molar-refractivity contribution in [1.82, 2.24) is 5.32 Å². The zero-order valence-corrected chi connectivity index (χ0v) is 10.0. The lowest BCUT2D eigenvalue weighted by molar-refractivity contribution is 0.0950. The van der Waals surface area contributed by atoms with Crippen LogP contribution in [0, 0.1) is 11.3 Å². The van der Waals surface area contributed by atoms with E-state index in [0.29, 0.717) is 24.9 Å². The third-order valence-electron chi connectivity index (χ3n) is 2.10. The van der Waals surface area contributed by atoms with E-state index >= 15 is 0 Å². The molecule has 16 heavy (non-hydrogen) atoms. The van der Waals surface area contributed by atoms with Crippen molar-refractivity contribution in [2.24, 2.45) is 0 Å². The molecule has 0 unspecified atom stereocenters. The molecule has 0 radical (unpaired) electrons. The molecule has 3 nitrogen and oxygen atoms in total. The van der Waals surface area contributed by atoms with Gasteiger partial charge in [-0.25, -0.2) is 0 Å². The van der Waals surface area contributed by atoms with Gasteiger partial charge in [-0.1, -0.05) is 12.1 Å². The minimum Gasteiger partial charge on any atom is -0.352 e. The molecule has 1 aromatic carbocycles. The van der Waals surface area contributed by atoms with Crippen molar-refractivity contribution in [1.29, 1.82) is 5.26 Å². The Bertz CT molecular complexity index is 398. The molecule has 4 heteroatoms. The number of unbranched alkanes of at least 4 members (excludes halogenated alkanes) is 1. The number of nitriles is 1. The summed E-state index contributed by atoms with van der Waals surface area (Å²) in [7, 11) is 0. The van der Waals surface area contributed by atoms with Gasteiger partial charge in [-0.05, 0) is 24.8 Å². The highest BCUT2D eigenvalue weighted by molar-refractivity contribution is 7.98. The van der Waals surface area contributed by atoms with Crippen LogP contribution < -0.4 is 5.32 Å². The monoisotopic (exact) mass is 234 g/mol. The maximum atomic E-state index is 11.8. The standard InChI is InChI=1S/C12H14N2OS/c1-16-11-7-3-2-6-10(11)12(15)14-9-5-4-8-13/h2-3,6-7H,4-5,9H2,1H3,(H,14,15). The van der Waals surface area contributed by atoms with E-state index in [-0.39, 0.29) is 5.91 Å². The topological polar surface area (TPSA) is 52.9 Å². The first kappa shape index (κ1) is 12.6. The Balaban J connectivity index is 2.56. The van der Waals surface area contributed by atoms with Gasteiger partial charge in [0.15, 0.2) is 0 Å². The summed E-state index contributed by atoms with van der Waals surface area (Å²) in [4.78, 5) is 12.8. The molecule has 0 bridgehead atoms. The Labute approximate surface area is 99.8 Å². The summed E-state index contributed by atoms with van der Waals surface area (Å²) in [5.41, 5.74) is 0.701. The number of hydrogen-bond donors (Lipinski definition) is 1. The van der Waals surface area contributed by atoms with Crippen molar-refractivity contribution < 1.29 is 4.79 Å². The highest BCUT2D eigenvalue weighted by Crippen LogP contribution is 2.19. The number of rotatable bonds is 5. The normalized spacial score (nSPS) is 9.50. The van der Waals surface area contributed by atoms with Gasteiger partial charge in [0.05, 0.1) is 11.6 Å². The summed E-state index contributed by atoms with van der Waals surface area (Å²) >= 11 is 1.55. The van der Waals surface area contributed by atoms with Crippen LogP contribution in [0.15, 0.2) is 29.2 Å². The number of nitrogens with one attached hydrogen (secondary N) is 1. The van der Waals surface area contributed by atoms with Gasteiger partial charge in [0.1, 0.15) is 0 Å². The zero-order chi connectivity index (χ0) is 11.8. The lowest BCUT2D eigenvalue weighted by Gasteiger charge is -2.07. The molecule has 0 atom stereocenters. The molecule has 0 aliphatic heterocycles. The average molecular weight is 234 g/mol. The minimum atomic E-state index is -0.0668. The van der Waals surface area contributed by atoms with E-state index < -0.39 is 0 Å². The second-order valence-corrected chi connectivity index (χ2v) is 4.07. The summed E-state index contributed by atoms with van der Waals surface area (Å²) < 4.78 is 0. The third-order valence-corrected chi connectivity index (χ3v) is 2.90. The van der Waals surface area contributed by atoms with Crippen molar-refractivity contribution in [3.8, 4) is 6.07 Å². The number of benzene rings is 1. The number of carbonyl (C=O) groups excluding carboxylic acids is 1. The summed E-state index contributed by atoms with van der Waals surface area (Å²) in [5, 5.41) is 11.2. The molecule has 1 N–H and O–H groups in total. The largest absolute Gasteiger partial charge is 0.352 e. The molecule has 0 heterocycles. The van der Waals surface area contributed by atoms with E-state index in [1.807, 2.05) is 36.6 Å². The van der Waals surface area contributed by atoms with E-state index in [2.05, 4.69) is 5.32 Å². The number of amides is 1. The van der Waals surface area contributed by atoms with Gasteiger partial charge < -0.3 is 5.32 Å². The highest BCUT2D eigenvalue weighted by atomic mass is 32.2. The molecule has 0 saturated heterocycles. The summed E-state index contributed by atoms with van der Waals surface area (Å²) in [6.45, 7) is 0.551. The molecule has 0 aliphatic rings. The molecule has 1 aromatic rings. The smallest absolute Gasteiger partial charge is 0.252 e. The van der Waals surface area contributed by atoms with Gasteiger partial charge in [-0.3, -0.25) is 4.79 Å². The van der Waals surface area contributed by atoms with Gasteiger partial charge in [-0.15, -0.1) is 11.8 Å². The van der Waals surface area contributed by atoms with Crippen molar-refractivity contribution in [2.75, 3.05) is 12.8 Å². The predicted octanol–water partition coefficient (Wildman–Crippen LogP) is 2.44. The quantitative estimate of drug-likeness (QED) is 0.629. The van der Waals surface area contributed by atoms with Crippen LogP contribution >= 0.6 is 11.8 Å². The first-order valence-corrected chi connectivity index (χ1v) is 6.30. The lowest BCUT2D eigenvalue weighted by Crippen LogP contribution is -2.24. The van der Waals surface area contributed by atoms with Gasteiger partial charge in [-0.2, -0.15) is 5.26 Å². The molecule has 0 saturated carbocycles. The van der Waals surface area contributed by atoms with Crippen LogP contribution in [0.25, 0.3) is 0 Å². The van der Waals surface area contributed by atoms with Crippen LogP contribution in [-0.2, 0) is 0 Å². The van der Waals surface area contributed by atoms with Gasteiger partial charge >= 0.3 is 0 Å². The predicted molar refractivity (Wildman–Crippen MR) is 65.4 cm³/mol. The van der Waals surface area contributed by atoms with E-state index in [1.54, 1.807) is 11.8 Å². The van der Waals surface area contributed by atoms with Crippen molar-refractivity contribution in [3.63, 3.8) is 0 Å². The fourth-order valence-corrected chi connectivity index (χ4v) is 1.89. The molecule has 0 spiro atoms. The lowest BCUT2D eigenvalue weighted by atomic mass is 10.2. The Morgan fingerprint density at radius 2 is 2.25 bits per heavy atom. The molecule has 0 fully saturated rings. The molecular weight excluding hydrogens is 220 g/mol. The van der Waals surface area contributed by atoms with Crippen LogP contribution in [0.4, 0.5) is 0 Å². The van der Waals surface area contributed by atoms with Crippen molar-refractivity contribution >= 4 is 17.7 Å². The molecule has 84 valence electrons. The second kappa shape index (κ2) is 6.91. The molecule has 0 aliphatic carbocycles. The fraction of sp³-hybridized carbons (Fsp3) is 0.333. The average Bonchev–Trinajstić information content (AvgIpc) is 2.34. The summed E-state index contributed by atoms with van der Waals surface area (Å²) in [6, 6.07) is 9.55. The van der Waals surface area contributed by atoms with E-state index in [4.69, 9.17) is 5.26 Å². The van der Waals surface area contributed by atoms with E-state index in [1.165, 1.54) is 0 Å². The molecule has 0 aromatic heterocycles. The minimum absolute atomic E-state index is 0.0668. The Morgan fingerprint density at radius 3 is 2.94 bits per heavy atom. The molecular formula is C12H14N2OS. The van der Waals surface area contributed by atoms with Gasteiger partial charge in [0, 0.05) is 17.9 Å². The van der Waals surface area contributed by atoms with Crippen LogP contribution in [0.1, 0.15) is 23.2 Å². The summed E-state index contributed by atoms with van der Waals surface area (Å²) in [5.74, 6) is -0.0668. The zero-order valence-electron chi connectivity index (χ0n) is 9.19. The Morgan fingerprint density at radius 1 is 1.50 bits per heavy atom. The summed E-state index contributed by atoms with van der Waals surface area (Å²) in [6.07, 6.45) is 3.12. The maximum absolute atomic E-state index is 11.8. The van der Waals surface area contributed by atoms with Crippen LogP contribution in [0.5, 0.6) is 0 Å². The first-order valence-electron chi connectivity index (χ1n) is 5.07. The van der Waals surface area contributed by atoms with Crippen LogP contribution in [0.2, 0.25) is 0 Å². The number of thioether (sulfide) groups is 1. The SMILES string of the molecule is CSc1ccccc1C(=O)NCCCC#N. The number of hydrogen-bond acceptors (Lipinski definition) is 3. The van der Waals surface area contributed by atoms with E-state index in [0.717, 1.165) is 4.90 Å². The fourth-order valence-electron chi connectivity index (χ4n) is 1.30. The van der Waals surface area contributed by atoms with Crippen LogP contribution in [-0.4, -0.2) is 18.7 Å². The highest BCUT2D eigenvalue weighted by Gasteiger charge is 2.08. The van der Waals surface area contributed by atoms with E-state index in [9.17, 15) is 4.79 Å². The number of nitrogens with zero attached hydrogens (tertiary/aromatic N) is 1. The first-order chi connectivity index (χ1) is 7.79. The molecule has 1 rings (SSSR count). The Kier molecular flexibility index (Phi) is 5.44. The van der Waals surface area contributed by atoms with Gasteiger partial charge in [0.2, 0.25) is 0 Å². The Hall–Kier alpha value is -1.47. The van der Waals surface area contributed by atoms with Crippen molar-refractivity contribution in [3.05, 3.63) is 29.8 Å². The van der Waals surface area contributed by atoms with Crippen molar-refractivity contribution in [2.45, 2.75) is 17.7 Å². The maximum Gasteiger partial charge on any atom is 0.252 e. The van der Waals surface area contributed by atoms with Crippen LogP contribution in [0.3, 0.4) is 0 Å². The number of carbonyl (C=O) groups is 1. The molecule has 1 amide bonds. The second-order valence-electron chi connectivity index (χ2n) is 3.22. The third kappa shape index (κ3) is 3.59. The van der Waals surface area contributed by atoms with Gasteiger partial charge in [0.25, 0.3) is 5.91 Å².